The lowest BCUT2D eigenvalue weighted by atomic mass is 9.98. The Morgan fingerprint density at radius 2 is 2.04 bits per heavy atom. The van der Waals surface area contributed by atoms with Crippen LogP contribution in [0.3, 0.4) is 0 Å². The molecule has 1 fully saturated rings. The first kappa shape index (κ1) is 20.5. The summed E-state index contributed by atoms with van der Waals surface area (Å²) in [6, 6.07) is 7.85. The lowest BCUT2D eigenvalue weighted by Gasteiger charge is -2.24. The summed E-state index contributed by atoms with van der Waals surface area (Å²) in [4.78, 5) is 16.0. The van der Waals surface area contributed by atoms with Crippen molar-refractivity contribution in [3.63, 3.8) is 0 Å². The number of carbonyl (C=O) groups is 1. The van der Waals surface area contributed by atoms with Crippen molar-refractivity contribution in [3.8, 4) is 0 Å². The number of aliphatic hydroxyl groups excluding tert-OH is 2. The van der Waals surface area contributed by atoms with Gasteiger partial charge in [0.05, 0.1) is 11.8 Å². The number of esters is 1. The van der Waals surface area contributed by atoms with Crippen molar-refractivity contribution in [1.82, 2.24) is 4.98 Å². The molecule has 3 unspecified atom stereocenters. The number of ether oxygens (including phenoxy) is 1. The average molecular weight is 383 g/mol. The molecule has 0 aliphatic carbocycles. The molecule has 5 heteroatoms. The summed E-state index contributed by atoms with van der Waals surface area (Å²) < 4.78 is 5.23. The van der Waals surface area contributed by atoms with Crippen LogP contribution < -0.4 is 0 Å². The molecule has 1 aromatic heterocycles. The number of hydrogen-bond acceptors (Lipinski definition) is 5. The third kappa shape index (κ3) is 4.97. The van der Waals surface area contributed by atoms with Crippen LogP contribution >= 0.6 is 0 Å². The van der Waals surface area contributed by atoms with Crippen LogP contribution in [0.15, 0.2) is 36.5 Å². The Morgan fingerprint density at radius 3 is 2.79 bits per heavy atom. The molecule has 0 saturated carbocycles. The van der Waals surface area contributed by atoms with Gasteiger partial charge in [-0.2, -0.15) is 0 Å². The molecular weight excluding hydrogens is 354 g/mol. The zero-order valence-corrected chi connectivity index (χ0v) is 16.4. The molecule has 3 rings (SSSR count). The minimum Gasteiger partial charge on any atom is -0.459 e. The standard InChI is InChI=1S/C23H29NO4/c1-2-3-4-10-20(26)23-18-9-6-5-8-17(18)16(15-24-23)13-14-19(25)21-11-7-12-22(27)28-21/h5-6,8-9,13-15,19-21,25-26H,2-4,7,10-12H2,1H3/b14-13+. The van der Waals surface area contributed by atoms with E-state index in [1.165, 1.54) is 0 Å². The number of cyclic esters (lactones) is 1. The molecule has 2 N–H and O–H groups in total. The fraction of sp³-hybridized carbons (Fsp3) is 0.478. The van der Waals surface area contributed by atoms with Crippen molar-refractivity contribution in [1.29, 1.82) is 0 Å². The predicted octanol–water partition coefficient (Wildman–Crippen LogP) is 4.32. The van der Waals surface area contributed by atoms with Crippen molar-refractivity contribution in [3.05, 3.63) is 47.8 Å². The smallest absolute Gasteiger partial charge is 0.306 e. The number of fused-ring (bicyclic) bond motifs is 1. The molecule has 5 nitrogen and oxygen atoms in total. The largest absolute Gasteiger partial charge is 0.459 e. The number of carbonyl (C=O) groups excluding carboxylic acids is 1. The van der Waals surface area contributed by atoms with Gasteiger partial charge in [0.1, 0.15) is 12.2 Å². The molecule has 3 atom stereocenters. The minimum absolute atomic E-state index is 0.253. The Hall–Kier alpha value is -2.24. The zero-order valence-electron chi connectivity index (χ0n) is 16.4. The van der Waals surface area contributed by atoms with Crippen LogP contribution in [0.2, 0.25) is 0 Å². The third-order valence-corrected chi connectivity index (χ3v) is 5.26. The van der Waals surface area contributed by atoms with E-state index >= 15 is 0 Å². The zero-order chi connectivity index (χ0) is 19.9. The van der Waals surface area contributed by atoms with Gasteiger partial charge in [-0.15, -0.1) is 0 Å². The van der Waals surface area contributed by atoms with Gasteiger partial charge in [-0.05, 0) is 24.6 Å². The minimum atomic E-state index is -0.845. The third-order valence-electron chi connectivity index (χ3n) is 5.26. The SMILES string of the molecule is CCCCCC(O)c1ncc(/C=C/C(O)C2CCCC(=O)O2)c2ccccc12. The molecule has 1 aromatic carbocycles. The van der Waals surface area contributed by atoms with E-state index < -0.39 is 18.3 Å². The highest BCUT2D eigenvalue weighted by Gasteiger charge is 2.25. The molecule has 1 aliphatic rings. The highest BCUT2D eigenvalue weighted by atomic mass is 16.6. The van der Waals surface area contributed by atoms with Gasteiger partial charge >= 0.3 is 5.97 Å². The predicted molar refractivity (Wildman–Crippen MR) is 110 cm³/mol. The maximum atomic E-state index is 11.4. The van der Waals surface area contributed by atoms with E-state index in [9.17, 15) is 15.0 Å². The topological polar surface area (TPSA) is 79.7 Å². The number of unbranched alkanes of at least 4 members (excludes halogenated alkanes) is 2. The fourth-order valence-corrected chi connectivity index (χ4v) is 3.66. The fourth-order valence-electron chi connectivity index (χ4n) is 3.66. The van der Waals surface area contributed by atoms with Gasteiger partial charge in [0.15, 0.2) is 0 Å². The van der Waals surface area contributed by atoms with Crippen molar-refractivity contribution in [2.45, 2.75) is 70.2 Å². The Bertz CT molecular complexity index is 832. The lowest BCUT2D eigenvalue weighted by Crippen LogP contribution is -2.33. The van der Waals surface area contributed by atoms with E-state index in [0.717, 1.165) is 42.0 Å². The normalized spacial score (nSPS) is 19.7. The molecule has 2 aromatic rings. The quantitative estimate of drug-likeness (QED) is 0.524. The first-order valence-corrected chi connectivity index (χ1v) is 10.2. The molecule has 2 heterocycles. The Labute approximate surface area is 166 Å². The van der Waals surface area contributed by atoms with Crippen molar-refractivity contribution in [2.24, 2.45) is 0 Å². The van der Waals surface area contributed by atoms with E-state index in [0.29, 0.717) is 25.0 Å². The second-order valence-corrected chi connectivity index (χ2v) is 7.43. The van der Waals surface area contributed by atoms with E-state index in [1.807, 2.05) is 30.3 Å². The van der Waals surface area contributed by atoms with Gasteiger partial charge in [0.2, 0.25) is 0 Å². The van der Waals surface area contributed by atoms with Crippen molar-refractivity contribution in [2.75, 3.05) is 0 Å². The number of pyridine rings is 1. The molecular formula is C23H29NO4. The van der Waals surface area contributed by atoms with Crippen LogP contribution in [0.25, 0.3) is 16.8 Å². The lowest BCUT2D eigenvalue weighted by molar-refractivity contribution is -0.158. The maximum absolute atomic E-state index is 11.4. The van der Waals surface area contributed by atoms with Gasteiger partial charge in [-0.3, -0.25) is 9.78 Å². The molecule has 0 radical (unpaired) electrons. The highest BCUT2D eigenvalue weighted by molar-refractivity contribution is 5.92. The van der Waals surface area contributed by atoms with Crippen molar-refractivity contribution >= 4 is 22.8 Å². The van der Waals surface area contributed by atoms with Gasteiger partial charge in [0.25, 0.3) is 0 Å². The number of rotatable bonds is 8. The van der Waals surface area contributed by atoms with Gasteiger partial charge < -0.3 is 14.9 Å². The molecule has 0 amide bonds. The summed E-state index contributed by atoms with van der Waals surface area (Å²) in [7, 11) is 0. The average Bonchev–Trinajstić information content (AvgIpc) is 2.71. The maximum Gasteiger partial charge on any atom is 0.306 e. The van der Waals surface area contributed by atoms with E-state index in [4.69, 9.17) is 4.74 Å². The van der Waals surface area contributed by atoms with Crippen molar-refractivity contribution < 1.29 is 19.7 Å². The molecule has 0 spiro atoms. The number of benzene rings is 1. The first-order chi connectivity index (χ1) is 13.6. The van der Waals surface area contributed by atoms with Crippen LogP contribution in [-0.2, 0) is 9.53 Å². The summed E-state index contributed by atoms with van der Waals surface area (Å²) in [5.74, 6) is -0.253. The summed E-state index contributed by atoms with van der Waals surface area (Å²) in [6.07, 6.45) is 9.00. The second kappa shape index (κ2) is 9.80. The Kier molecular flexibility index (Phi) is 7.18. The number of aliphatic hydroxyl groups is 2. The molecule has 0 bridgehead atoms. The first-order valence-electron chi connectivity index (χ1n) is 10.2. The summed E-state index contributed by atoms with van der Waals surface area (Å²) in [6.45, 7) is 2.14. The van der Waals surface area contributed by atoms with Gasteiger partial charge in [0, 0.05) is 23.6 Å². The van der Waals surface area contributed by atoms with Crippen LogP contribution in [0.1, 0.15) is 69.2 Å². The number of hydrogen-bond donors (Lipinski definition) is 2. The molecule has 1 saturated heterocycles. The molecule has 28 heavy (non-hydrogen) atoms. The van der Waals surface area contributed by atoms with Crippen LogP contribution in [-0.4, -0.2) is 33.4 Å². The summed E-state index contributed by atoms with van der Waals surface area (Å²) in [5, 5.41) is 22.8. The highest BCUT2D eigenvalue weighted by Crippen LogP contribution is 2.29. The van der Waals surface area contributed by atoms with E-state index in [2.05, 4.69) is 11.9 Å². The number of aromatic nitrogens is 1. The summed E-state index contributed by atoms with van der Waals surface area (Å²) >= 11 is 0. The Balaban J connectivity index is 1.80. The Morgan fingerprint density at radius 1 is 1.25 bits per heavy atom. The van der Waals surface area contributed by atoms with E-state index in [1.54, 1.807) is 12.3 Å². The monoisotopic (exact) mass is 383 g/mol. The van der Waals surface area contributed by atoms with Gasteiger partial charge in [-0.1, -0.05) is 62.6 Å². The van der Waals surface area contributed by atoms with Crippen LogP contribution in [0, 0.1) is 0 Å². The van der Waals surface area contributed by atoms with Crippen LogP contribution in [0.5, 0.6) is 0 Å². The second-order valence-electron chi connectivity index (χ2n) is 7.43. The van der Waals surface area contributed by atoms with Gasteiger partial charge in [-0.25, -0.2) is 0 Å². The molecule has 150 valence electrons. The van der Waals surface area contributed by atoms with Crippen LogP contribution in [0.4, 0.5) is 0 Å². The molecule has 1 aliphatic heterocycles. The number of nitrogens with zero attached hydrogens (tertiary/aromatic N) is 1. The summed E-state index contributed by atoms with van der Waals surface area (Å²) in [5.41, 5.74) is 1.56. The van der Waals surface area contributed by atoms with E-state index in [-0.39, 0.29) is 5.97 Å².